The molecule has 0 atom stereocenters. The topological polar surface area (TPSA) is 60.5 Å². The van der Waals surface area contributed by atoms with E-state index in [-0.39, 0.29) is 5.91 Å². The van der Waals surface area contributed by atoms with Crippen molar-refractivity contribution in [1.29, 1.82) is 0 Å². The number of nitrogens with one attached hydrogen (secondary N) is 1. The van der Waals surface area contributed by atoms with Gasteiger partial charge < -0.3 is 14.8 Å². The summed E-state index contributed by atoms with van der Waals surface area (Å²) in [6.45, 7) is 0.893. The van der Waals surface area contributed by atoms with Gasteiger partial charge in [-0.3, -0.25) is 4.79 Å². The van der Waals surface area contributed by atoms with E-state index in [0.717, 1.165) is 27.8 Å². The molecule has 5 nitrogen and oxygen atoms in total. The fourth-order valence-corrected chi connectivity index (χ4v) is 3.36. The van der Waals surface area contributed by atoms with E-state index in [1.807, 2.05) is 60.0 Å². The molecule has 27 heavy (non-hydrogen) atoms. The maximum absolute atomic E-state index is 12.0. The second-order valence-corrected chi connectivity index (χ2v) is 6.74. The summed E-state index contributed by atoms with van der Waals surface area (Å²) < 4.78 is 10.7. The highest BCUT2D eigenvalue weighted by Gasteiger charge is 2.07. The molecule has 3 aromatic rings. The van der Waals surface area contributed by atoms with Crippen LogP contribution in [-0.2, 0) is 11.2 Å². The molecule has 6 heteroatoms. The van der Waals surface area contributed by atoms with Crippen molar-refractivity contribution in [2.45, 2.75) is 12.8 Å². The van der Waals surface area contributed by atoms with Gasteiger partial charge >= 0.3 is 0 Å². The van der Waals surface area contributed by atoms with Crippen LogP contribution in [0.3, 0.4) is 0 Å². The van der Waals surface area contributed by atoms with Crippen molar-refractivity contribution in [2.75, 3.05) is 20.3 Å². The molecular formula is C21H22N2O3S. The van der Waals surface area contributed by atoms with Gasteiger partial charge in [-0.25, -0.2) is 4.98 Å². The summed E-state index contributed by atoms with van der Waals surface area (Å²) in [5.74, 6) is 1.54. The number of amides is 1. The van der Waals surface area contributed by atoms with E-state index in [2.05, 4.69) is 10.3 Å². The van der Waals surface area contributed by atoms with Crippen LogP contribution in [0.5, 0.6) is 11.5 Å². The molecule has 140 valence electrons. The van der Waals surface area contributed by atoms with E-state index in [0.29, 0.717) is 26.0 Å². The molecule has 1 N–H and O–H groups in total. The minimum atomic E-state index is 0.00240. The van der Waals surface area contributed by atoms with Gasteiger partial charge in [0, 0.05) is 17.4 Å². The molecule has 2 aromatic carbocycles. The minimum absolute atomic E-state index is 0.00240. The van der Waals surface area contributed by atoms with E-state index in [9.17, 15) is 4.79 Å². The van der Waals surface area contributed by atoms with Crippen molar-refractivity contribution < 1.29 is 14.3 Å². The number of carbonyl (C=O) groups is 1. The van der Waals surface area contributed by atoms with Crippen LogP contribution in [0.4, 0.5) is 0 Å². The zero-order valence-electron chi connectivity index (χ0n) is 15.2. The van der Waals surface area contributed by atoms with Gasteiger partial charge in [-0.2, -0.15) is 0 Å². The lowest BCUT2D eigenvalue weighted by Crippen LogP contribution is -2.28. The molecule has 0 bridgehead atoms. The number of aryl methyl sites for hydroxylation is 1. The molecule has 0 unspecified atom stereocenters. The summed E-state index contributed by atoms with van der Waals surface area (Å²) in [7, 11) is 1.62. The van der Waals surface area contributed by atoms with Crippen molar-refractivity contribution >= 4 is 17.2 Å². The Kier molecular flexibility index (Phi) is 6.82. The van der Waals surface area contributed by atoms with Crippen molar-refractivity contribution in [1.82, 2.24) is 10.3 Å². The molecule has 1 heterocycles. The Labute approximate surface area is 163 Å². The van der Waals surface area contributed by atoms with Gasteiger partial charge in [0.05, 0.1) is 19.3 Å². The van der Waals surface area contributed by atoms with Crippen LogP contribution >= 0.6 is 11.3 Å². The number of thiazole rings is 1. The largest absolute Gasteiger partial charge is 0.497 e. The first-order valence-corrected chi connectivity index (χ1v) is 9.66. The normalized spacial score (nSPS) is 10.4. The first-order valence-electron chi connectivity index (χ1n) is 8.78. The van der Waals surface area contributed by atoms with Crippen LogP contribution in [0.1, 0.15) is 12.1 Å². The first kappa shape index (κ1) is 18.9. The predicted octanol–water partition coefficient (Wildman–Crippen LogP) is 3.95. The SMILES string of the molecule is COc1ccc(OCCNC(=O)CCc2csc(-c3ccccc3)n2)cc1. The van der Waals surface area contributed by atoms with Gasteiger partial charge in [0.1, 0.15) is 23.1 Å². The quantitative estimate of drug-likeness (QED) is 0.569. The van der Waals surface area contributed by atoms with Gasteiger partial charge in [-0.05, 0) is 30.7 Å². The number of nitrogens with zero attached hydrogens (tertiary/aromatic N) is 1. The first-order chi connectivity index (χ1) is 13.2. The maximum Gasteiger partial charge on any atom is 0.220 e. The highest BCUT2D eigenvalue weighted by Crippen LogP contribution is 2.23. The number of benzene rings is 2. The molecule has 0 aliphatic rings. The number of carbonyl (C=O) groups excluding carboxylic acids is 1. The van der Waals surface area contributed by atoms with Crippen LogP contribution in [0.2, 0.25) is 0 Å². The average molecular weight is 382 g/mol. The third kappa shape index (κ3) is 5.82. The van der Waals surface area contributed by atoms with Crippen LogP contribution in [0.25, 0.3) is 10.6 Å². The summed E-state index contributed by atoms with van der Waals surface area (Å²) in [5, 5.41) is 5.87. The van der Waals surface area contributed by atoms with Crippen LogP contribution in [0.15, 0.2) is 60.0 Å². The Morgan fingerprint density at radius 1 is 1.07 bits per heavy atom. The molecule has 0 spiro atoms. The molecule has 1 amide bonds. The maximum atomic E-state index is 12.0. The number of hydrogen-bond acceptors (Lipinski definition) is 5. The second kappa shape index (κ2) is 9.73. The van der Waals surface area contributed by atoms with Crippen LogP contribution in [-0.4, -0.2) is 31.2 Å². The van der Waals surface area contributed by atoms with Gasteiger partial charge in [0.2, 0.25) is 5.91 Å². The van der Waals surface area contributed by atoms with Crippen molar-refractivity contribution in [3.8, 4) is 22.1 Å². The van der Waals surface area contributed by atoms with E-state index < -0.39 is 0 Å². The Morgan fingerprint density at radius 3 is 2.56 bits per heavy atom. The summed E-state index contributed by atoms with van der Waals surface area (Å²) in [5.41, 5.74) is 2.05. The summed E-state index contributed by atoms with van der Waals surface area (Å²) >= 11 is 1.60. The molecule has 1 aromatic heterocycles. The summed E-state index contributed by atoms with van der Waals surface area (Å²) in [6.07, 6.45) is 1.05. The van der Waals surface area contributed by atoms with E-state index in [1.54, 1.807) is 18.4 Å². The van der Waals surface area contributed by atoms with Crippen LogP contribution in [0, 0.1) is 0 Å². The molecule has 0 saturated carbocycles. The van der Waals surface area contributed by atoms with Crippen molar-refractivity contribution in [2.24, 2.45) is 0 Å². The molecule has 3 rings (SSSR count). The zero-order valence-corrected chi connectivity index (χ0v) is 16.0. The fraction of sp³-hybridized carbons (Fsp3) is 0.238. The molecular weight excluding hydrogens is 360 g/mol. The van der Waals surface area contributed by atoms with Gasteiger partial charge in [-0.15, -0.1) is 11.3 Å². The van der Waals surface area contributed by atoms with E-state index in [1.165, 1.54) is 0 Å². The van der Waals surface area contributed by atoms with E-state index in [4.69, 9.17) is 9.47 Å². The Bertz CT molecular complexity index is 847. The van der Waals surface area contributed by atoms with Gasteiger partial charge in [-0.1, -0.05) is 30.3 Å². The number of methoxy groups -OCH3 is 1. The monoisotopic (exact) mass is 382 g/mol. The average Bonchev–Trinajstić information content (AvgIpc) is 3.20. The highest BCUT2D eigenvalue weighted by atomic mass is 32.1. The second-order valence-electron chi connectivity index (χ2n) is 5.88. The highest BCUT2D eigenvalue weighted by molar-refractivity contribution is 7.13. The van der Waals surface area contributed by atoms with Crippen molar-refractivity contribution in [3.63, 3.8) is 0 Å². The lowest BCUT2D eigenvalue weighted by atomic mass is 10.2. The van der Waals surface area contributed by atoms with Gasteiger partial charge in [0.25, 0.3) is 0 Å². The number of ether oxygens (including phenoxy) is 2. The standard InChI is InChI=1S/C21H22N2O3S/c1-25-18-8-10-19(11-9-18)26-14-13-22-20(24)12-7-17-15-27-21(23-17)16-5-3-2-4-6-16/h2-6,8-11,15H,7,12-14H2,1H3,(H,22,24). The van der Waals surface area contributed by atoms with E-state index >= 15 is 0 Å². The van der Waals surface area contributed by atoms with Gasteiger partial charge in [0.15, 0.2) is 0 Å². The molecule has 0 fully saturated rings. The molecule has 0 saturated heterocycles. The number of rotatable bonds is 9. The molecule has 0 radical (unpaired) electrons. The number of hydrogen-bond donors (Lipinski definition) is 1. The fourth-order valence-electron chi connectivity index (χ4n) is 2.50. The lowest BCUT2D eigenvalue weighted by Gasteiger charge is -2.08. The minimum Gasteiger partial charge on any atom is -0.497 e. The lowest BCUT2D eigenvalue weighted by molar-refractivity contribution is -0.121. The smallest absolute Gasteiger partial charge is 0.220 e. The predicted molar refractivity (Wildman–Crippen MR) is 107 cm³/mol. The Hall–Kier alpha value is -2.86. The summed E-state index contributed by atoms with van der Waals surface area (Å²) in [4.78, 5) is 16.6. The molecule has 0 aliphatic heterocycles. The Balaban J connectivity index is 1.35. The van der Waals surface area contributed by atoms with Crippen LogP contribution < -0.4 is 14.8 Å². The number of aromatic nitrogens is 1. The third-order valence-corrected chi connectivity index (χ3v) is 4.87. The zero-order chi connectivity index (χ0) is 18.9. The Morgan fingerprint density at radius 2 is 1.81 bits per heavy atom. The van der Waals surface area contributed by atoms with Crippen molar-refractivity contribution in [3.05, 3.63) is 65.7 Å². The third-order valence-electron chi connectivity index (χ3n) is 3.93. The summed E-state index contributed by atoms with van der Waals surface area (Å²) in [6, 6.07) is 17.4. The molecule has 0 aliphatic carbocycles.